The van der Waals surface area contributed by atoms with E-state index in [1.54, 1.807) is 21.0 Å². The summed E-state index contributed by atoms with van der Waals surface area (Å²) < 4.78 is 19.1. The van der Waals surface area contributed by atoms with Gasteiger partial charge in [0.1, 0.15) is 17.5 Å². The lowest BCUT2D eigenvalue weighted by Gasteiger charge is -2.62. The molecule has 0 amide bonds. The molecule has 2 N–H and O–H groups in total. The summed E-state index contributed by atoms with van der Waals surface area (Å²) in [4.78, 5) is 12.9. The first kappa shape index (κ1) is 26.4. The zero-order chi connectivity index (χ0) is 27.0. The van der Waals surface area contributed by atoms with Gasteiger partial charge in [-0.3, -0.25) is 4.79 Å². The fraction of sp³-hybridized carbons (Fsp3) is 0.903. The van der Waals surface area contributed by atoms with Gasteiger partial charge in [0.25, 0.3) is 0 Å². The molecule has 10 atom stereocenters. The maximum absolute atomic E-state index is 12.9. The van der Waals surface area contributed by atoms with Crippen LogP contribution in [0.2, 0.25) is 0 Å². The van der Waals surface area contributed by atoms with E-state index in [4.69, 9.17) is 14.2 Å². The van der Waals surface area contributed by atoms with Crippen molar-refractivity contribution in [2.75, 3.05) is 7.11 Å². The Bertz CT molecular complexity index is 1040. The van der Waals surface area contributed by atoms with Gasteiger partial charge in [0.2, 0.25) is 0 Å². The van der Waals surface area contributed by atoms with E-state index in [1.165, 1.54) is 11.1 Å². The first-order valence-electron chi connectivity index (χ1n) is 14.6. The smallest absolute Gasteiger partial charge is 0.160 e. The van der Waals surface area contributed by atoms with Crippen molar-refractivity contribution in [1.82, 2.24) is 0 Å². The van der Waals surface area contributed by atoms with Crippen LogP contribution in [0.15, 0.2) is 11.1 Å². The van der Waals surface area contributed by atoms with Gasteiger partial charge in [0, 0.05) is 35.7 Å². The van der Waals surface area contributed by atoms with E-state index in [1.807, 2.05) is 0 Å². The van der Waals surface area contributed by atoms with E-state index in [2.05, 4.69) is 34.6 Å². The molecule has 6 rings (SSSR count). The Labute approximate surface area is 222 Å². The molecule has 2 saturated carbocycles. The van der Waals surface area contributed by atoms with Crippen molar-refractivity contribution >= 4 is 5.78 Å². The summed E-state index contributed by atoms with van der Waals surface area (Å²) in [5.74, 6) is 0.941. The zero-order valence-electron chi connectivity index (χ0n) is 24.1. The quantitative estimate of drug-likeness (QED) is 0.406. The number of aliphatic hydroxyl groups excluding tert-OH is 1. The molecule has 0 bridgehead atoms. The lowest BCUT2D eigenvalue weighted by Crippen LogP contribution is -2.63. The highest BCUT2D eigenvalue weighted by Gasteiger charge is 2.84. The molecule has 6 nitrogen and oxygen atoms in total. The fourth-order valence-corrected chi connectivity index (χ4v) is 10.6. The summed E-state index contributed by atoms with van der Waals surface area (Å²) in [5, 5.41) is 21.3. The molecule has 6 heteroatoms. The normalized spacial score (nSPS) is 51.3. The molecule has 2 aliphatic heterocycles. The van der Waals surface area contributed by atoms with Gasteiger partial charge in [-0.25, -0.2) is 0 Å². The van der Waals surface area contributed by atoms with Gasteiger partial charge in [0.15, 0.2) is 6.29 Å². The molecule has 2 saturated heterocycles. The second kappa shape index (κ2) is 7.69. The molecule has 37 heavy (non-hydrogen) atoms. The van der Waals surface area contributed by atoms with Crippen molar-refractivity contribution in [1.29, 1.82) is 0 Å². The third kappa shape index (κ3) is 3.03. The van der Waals surface area contributed by atoms with E-state index in [9.17, 15) is 15.0 Å². The Hall–Kier alpha value is -0.790. The average Bonchev–Trinajstić information content (AvgIpc) is 3.33. The van der Waals surface area contributed by atoms with Gasteiger partial charge < -0.3 is 24.4 Å². The molecule has 0 aromatic carbocycles. The number of rotatable bonds is 4. The van der Waals surface area contributed by atoms with E-state index in [-0.39, 0.29) is 45.6 Å². The largest absolute Gasteiger partial charge is 0.388 e. The highest BCUT2D eigenvalue weighted by atomic mass is 16.7. The maximum Gasteiger partial charge on any atom is 0.160 e. The van der Waals surface area contributed by atoms with Crippen molar-refractivity contribution in [3.63, 3.8) is 0 Å². The van der Waals surface area contributed by atoms with Crippen LogP contribution in [0, 0.1) is 33.5 Å². The van der Waals surface area contributed by atoms with Crippen molar-refractivity contribution in [3.05, 3.63) is 11.1 Å². The molecule has 4 aliphatic carbocycles. The highest BCUT2D eigenvalue weighted by Crippen LogP contribution is 2.82. The van der Waals surface area contributed by atoms with Crippen molar-refractivity contribution < 1.29 is 29.2 Å². The number of Topliss-reactive ketones (excluding diaryl/α,β-unsaturated/α-hetero) is 1. The fourth-order valence-electron chi connectivity index (χ4n) is 10.6. The molecule has 2 heterocycles. The number of carbonyl (C=O) groups is 1. The minimum absolute atomic E-state index is 0.0116. The second-order valence-electron chi connectivity index (χ2n) is 15.1. The van der Waals surface area contributed by atoms with Crippen LogP contribution < -0.4 is 0 Å². The summed E-state index contributed by atoms with van der Waals surface area (Å²) >= 11 is 0. The molecule has 6 aliphatic rings. The van der Waals surface area contributed by atoms with Gasteiger partial charge in [0.05, 0.1) is 17.8 Å². The monoisotopic (exact) mass is 516 g/mol. The molecule has 0 aromatic rings. The lowest BCUT2D eigenvalue weighted by atomic mass is 9.40. The predicted octanol–water partition coefficient (Wildman–Crippen LogP) is 4.95. The van der Waals surface area contributed by atoms with Gasteiger partial charge in [-0.1, -0.05) is 31.9 Å². The number of fused-ring (bicyclic) bond motifs is 2. The van der Waals surface area contributed by atoms with E-state index >= 15 is 0 Å². The average molecular weight is 517 g/mol. The number of ketones is 1. The zero-order valence-corrected chi connectivity index (χ0v) is 24.1. The Morgan fingerprint density at radius 1 is 1.05 bits per heavy atom. The summed E-state index contributed by atoms with van der Waals surface area (Å²) in [6.07, 6.45) is 5.94. The highest BCUT2D eigenvalue weighted by molar-refractivity contribution is 5.89. The van der Waals surface area contributed by atoms with Crippen LogP contribution in [0.4, 0.5) is 0 Å². The molecule has 0 unspecified atom stereocenters. The van der Waals surface area contributed by atoms with Crippen LogP contribution in [-0.4, -0.2) is 58.9 Å². The third-order valence-corrected chi connectivity index (χ3v) is 13.0. The number of aliphatic hydroxyl groups is 2. The van der Waals surface area contributed by atoms with Gasteiger partial charge in [-0.15, -0.1) is 0 Å². The molecule has 0 radical (unpaired) electrons. The molecule has 4 fully saturated rings. The number of hydrogen-bond acceptors (Lipinski definition) is 6. The number of hydrogen-bond donors (Lipinski definition) is 2. The van der Waals surface area contributed by atoms with Crippen LogP contribution >= 0.6 is 0 Å². The van der Waals surface area contributed by atoms with Crippen LogP contribution in [0.1, 0.15) is 99.8 Å². The third-order valence-electron chi connectivity index (χ3n) is 13.0. The van der Waals surface area contributed by atoms with Crippen molar-refractivity contribution in [3.8, 4) is 0 Å². The van der Waals surface area contributed by atoms with E-state index in [0.29, 0.717) is 24.5 Å². The topological polar surface area (TPSA) is 88.5 Å². The molecular weight excluding hydrogens is 468 g/mol. The Kier molecular flexibility index (Phi) is 5.49. The second-order valence-corrected chi connectivity index (χ2v) is 15.1. The minimum atomic E-state index is -1.23. The van der Waals surface area contributed by atoms with Crippen molar-refractivity contribution in [2.45, 2.75) is 136 Å². The summed E-state index contributed by atoms with van der Waals surface area (Å²) in [6, 6.07) is 0. The maximum atomic E-state index is 12.9. The molecule has 1 spiro atoms. The Morgan fingerprint density at radius 3 is 2.41 bits per heavy atom. The van der Waals surface area contributed by atoms with Crippen LogP contribution in [-0.2, 0) is 19.0 Å². The number of ether oxygens (including phenoxy) is 3. The standard InChI is InChI=1S/C31H48O6/c1-26(2)20-16-23-31(37-23)29(6,19(20)9-10-22(26)32)14-13-28(5)18(11-12-30(28,31)7)17-15-21(36-25(17)35-8)24(33)27(3,4)34/h17-18,21,23-25,33-34H,9-16H2,1-8H3/t17-,18-,21+,23+,24-,25+,28-,29-,30-,31+/m0/s1. The molecular formula is C31H48O6. The molecule has 0 aromatic heterocycles. The number of epoxide rings is 1. The predicted molar refractivity (Wildman–Crippen MR) is 140 cm³/mol. The van der Waals surface area contributed by atoms with E-state index in [0.717, 1.165) is 38.5 Å². The van der Waals surface area contributed by atoms with Crippen LogP contribution in [0.25, 0.3) is 0 Å². The molecule has 208 valence electrons. The van der Waals surface area contributed by atoms with Gasteiger partial charge in [-0.05, 0) is 84.0 Å². The van der Waals surface area contributed by atoms with E-state index < -0.39 is 17.8 Å². The van der Waals surface area contributed by atoms with Crippen molar-refractivity contribution in [2.24, 2.45) is 33.5 Å². The van der Waals surface area contributed by atoms with Crippen LogP contribution in [0.5, 0.6) is 0 Å². The SMILES string of the molecule is CO[C@@H]1O[C@@H]([C@H](O)C(C)(C)O)C[C@H]1[C@@H]1CC[C@]2(C)[C@@]34O[C@@H]3CC3=C(CCC(=O)C3(C)C)[C@]4(C)CC[C@@]12C. The first-order valence-corrected chi connectivity index (χ1v) is 14.6. The summed E-state index contributed by atoms with van der Waals surface area (Å²) in [5.41, 5.74) is 1.16. The summed E-state index contributed by atoms with van der Waals surface area (Å²) in [6.45, 7) is 15.0. The van der Waals surface area contributed by atoms with Gasteiger partial charge in [-0.2, -0.15) is 0 Å². The number of carbonyl (C=O) groups excluding carboxylic acids is 1. The number of methoxy groups -OCH3 is 1. The lowest BCUT2D eigenvalue weighted by molar-refractivity contribution is -0.188. The minimum Gasteiger partial charge on any atom is -0.388 e. The van der Waals surface area contributed by atoms with Crippen LogP contribution in [0.3, 0.4) is 0 Å². The summed E-state index contributed by atoms with van der Waals surface area (Å²) in [7, 11) is 1.70. The first-order chi connectivity index (χ1) is 17.1. The Morgan fingerprint density at radius 2 is 1.76 bits per heavy atom. The van der Waals surface area contributed by atoms with Gasteiger partial charge >= 0.3 is 0 Å². The Balaban J connectivity index is 1.35.